The Bertz CT molecular complexity index is 1080. The van der Waals surface area contributed by atoms with Gasteiger partial charge in [-0.1, -0.05) is 32.1 Å². The summed E-state index contributed by atoms with van der Waals surface area (Å²) in [6, 6.07) is 7.60. The van der Waals surface area contributed by atoms with Crippen LogP contribution in [0.4, 0.5) is 0 Å². The van der Waals surface area contributed by atoms with Crippen LogP contribution < -0.4 is 9.47 Å². The second kappa shape index (κ2) is 6.34. The van der Waals surface area contributed by atoms with Crippen LogP contribution in [0.15, 0.2) is 24.3 Å². The zero-order valence-electron chi connectivity index (χ0n) is 15.8. The lowest BCUT2D eigenvalue weighted by Gasteiger charge is -2.14. The Morgan fingerprint density at radius 3 is 2.30 bits per heavy atom. The van der Waals surface area contributed by atoms with Gasteiger partial charge in [0.2, 0.25) is 4.96 Å². The van der Waals surface area contributed by atoms with Crippen LogP contribution in [0.2, 0.25) is 0 Å². The van der Waals surface area contributed by atoms with Crippen molar-refractivity contribution >= 4 is 16.3 Å². The molecule has 0 spiro atoms. The first-order valence-corrected chi connectivity index (χ1v) is 9.22. The second-order valence-electron chi connectivity index (χ2n) is 7.14. The molecule has 4 aromatic rings. The summed E-state index contributed by atoms with van der Waals surface area (Å²) in [6.07, 6.45) is 0. The van der Waals surface area contributed by atoms with Crippen molar-refractivity contribution in [2.45, 2.75) is 26.2 Å². The van der Waals surface area contributed by atoms with E-state index in [9.17, 15) is 0 Å². The van der Waals surface area contributed by atoms with Gasteiger partial charge in [-0.2, -0.15) is 14.7 Å². The molecule has 0 unspecified atom stereocenters. The maximum absolute atomic E-state index is 5.35. The molecular formula is C18H20N6O2S. The van der Waals surface area contributed by atoms with Crippen LogP contribution in [0.3, 0.4) is 0 Å². The fourth-order valence-electron chi connectivity index (χ4n) is 2.65. The number of methoxy groups -OCH3 is 2. The first-order valence-electron chi connectivity index (χ1n) is 8.41. The molecule has 0 bridgehead atoms. The molecule has 0 saturated carbocycles. The first kappa shape index (κ1) is 17.5. The van der Waals surface area contributed by atoms with Crippen molar-refractivity contribution in [3.63, 3.8) is 0 Å². The maximum atomic E-state index is 5.35. The van der Waals surface area contributed by atoms with Crippen molar-refractivity contribution in [1.82, 2.24) is 30.0 Å². The van der Waals surface area contributed by atoms with Gasteiger partial charge >= 0.3 is 0 Å². The average molecular weight is 384 g/mol. The van der Waals surface area contributed by atoms with Gasteiger partial charge in [0.1, 0.15) is 17.2 Å². The number of benzene rings is 1. The van der Waals surface area contributed by atoms with Gasteiger partial charge in [0.05, 0.1) is 14.2 Å². The van der Waals surface area contributed by atoms with Crippen molar-refractivity contribution in [2.24, 2.45) is 0 Å². The smallest absolute Gasteiger partial charge is 0.235 e. The molecule has 140 valence electrons. The molecule has 0 radical (unpaired) electrons. The van der Waals surface area contributed by atoms with Crippen molar-refractivity contribution in [1.29, 1.82) is 0 Å². The number of nitrogens with zero attached hydrogens (tertiary/aromatic N) is 5. The number of aromatic amines is 1. The Morgan fingerprint density at radius 2 is 1.70 bits per heavy atom. The molecule has 1 aromatic carbocycles. The van der Waals surface area contributed by atoms with E-state index in [0.717, 1.165) is 22.0 Å². The van der Waals surface area contributed by atoms with E-state index >= 15 is 0 Å². The van der Waals surface area contributed by atoms with Gasteiger partial charge in [-0.25, -0.2) is 0 Å². The van der Waals surface area contributed by atoms with E-state index in [1.165, 1.54) is 11.3 Å². The maximum Gasteiger partial charge on any atom is 0.235 e. The van der Waals surface area contributed by atoms with Crippen molar-refractivity contribution < 1.29 is 9.47 Å². The van der Waals surface area contributed by atoms with E-state index in [1.807, 2.05) is 24.3 Å². The minimum atomic E-state index is -0.00742. The highest BCUT2D eigenvalue weighted by molar-refractivity contribution is 7.19. The predicted octanol–water partition coefficient (Wildman–Crippen LogP) is 3.56. The average Bonchev–Trinajstić information content (AvgIpc) is 3.34. The molecule has 3 heterocycles. The summed E-state index contributed by atoms with van der Waals surface area (Å²) in [4.78, 5) is 0.696. The minimum absolute atomic E-state index is 0.00742. The van der Waals surface area contributed by atoms with E-state index in [2.05, 4.69) is 46.3 Å². The van der Waals surface area contributed by atoms with E-state index in [4.69, 9.17) is 9.47 Å². The number of ether oxygens (including phenoxy) is 2. The zero-order chi connectivity index (χ0) is 19.2. The largest absolute Gasteiger partial charge is 0.497 e. The highest BCUT2D eigenvalue weighted by Gasteiger charge is 2.21. The third kappa shape index (κ3) is 3.14. The highest BCUT2D eigenvalue weighted by atomic mass is 32.1. The molecule has 0 aliphatic carbocycles. The van der Waals surface area contributed by atoms with Gasteiger partial charge in [-0.15, -0.1) is 10.2 Å². The molecule has 9 heteroatoms. The summed E-state index contributed by atoms with van der Waals surface area (Å²) >= 11 is 1.44. The van der Waals surface area contributed by atoms with Crippen molar-refractivity contribution in [3.05, 3.63) is 30.0 Å². The van der Waals surface area contributed by atoms with Gasteiger partial charge in [0, 0.05) is 22.7 Å². The van der Waals surface area contributed by atoms with Crippen molar-refractivity contribution in [2.75, 3.05) is 14.2 Å². The van der Waals surface area contributed by atoms with Crippen LogP contribution in [0.1, 0.15) is 26.5 Å². The highest BCUT2D eigenvalue weighted by Crippen LogP contribution is 2.32. The molecule has 1 N–H and O–H groups in total. The molecule has 27 heavy (non-hydrogen) atoms. The van der Waals surface area contributed by atoms with Gasteiger partial charge < -0.3 is 9.47 Å². The Hall–Kier alpha value is -2.94. The van der Waals surface area contributed by atoms with Gasteiger partial charge in [-0.05, 0) is 18.2 Å². The lowest BCUT2D eigenvalue weighted by Crippen LogP contribution is -2.11. The van der Waals surface area contributed by atoms with Gasteiger partial charge in [0.25, 0.3) is 0 Å². The van der Waals surface area contributed by atoms with Gasteiger partial charge in [0.15, 0.2) is 10.8 Å². The number of aromatic nitrogens is 6. The molecule has 0 aliphatic heterocycles. The van der Waals surface area contributed by atoms with Crippen molar-refractivity contribution in [3.8, 4) is 33.6 Å². The van der Waals surface area contributed by atoms with E-state index in [-0.39, 0.29) is 5.41 Å². The lowest BCUT2D eigenvalue weighted by molar-refractivity contribution is 0.394. The predicted molar refractivity (Wildman–Crippen MR) is 103 cm³/mol. The topological polar surface area (TPSA) is 90.2 Å². The summed E-state index contributed by atoms with van der Waals surface area (Å²) in [5.41, 5.74) is 2.66. The molecule has 0 saturated heterocycles. The van der Waals surface area contributed by atoms with Crippen LogP contribution in [-0.2, 0) is 5.41 Å². The second-order valence-corrected chi connectivity index (χ2v) is 8.10. The first-order chi connectivity index (χ1) is 12.9. The van der Waals surface area contributed by atoms with E-state index in [1.54, 1.807) is 18.7 Å². The zero-order valence-corrected chi connectivity index (χ0v) is 16.6. The monoisotopic (exact) mass is 384 g/mol. The standard InChI is InChI=1S/C18H20N6O2S/c1-18(2,3)14-9-13(19-20-14)16-23-24-15(21-22-17(24)27-16)10-6-11(25-4)8-12(7-10)26-5/h6-9H,1-5H3,(H,19,20). The number of hydrogen-bond donors (Lipinski definition) is 1. The summed E-state index contributed by atoms with van der Waals surface area (Å²) < 4.78 is 12.4. The number of fused-ring (bicyclic) bond motifs is 1. The summed E-state index contributed by atoms with van der Waals surface area (Å²) in [5, 5.41) is 21.5. The summed E-state index contributed by atoms with van der Waals surface area (Å²) in [6.45, 7) is 6.41. The molecule has 8 nitrogen and oxygen atoms in total. The minimum Gasteiger partial charge on any atom is -0.497 e. The molecule has 4 rings (SSSR count). The Balaban J connectivity index is 1.78. The number of nitrogens with one attached hydrogen (secondary N) is 1. The van der Waals surface area contributed by atoms with Crippen LogP contribution in [0.5, 0.6) is 11.5 Å². The molecular weight excluding hydrogens is 364 g/mol. The normalized spacial score (nSPS) is 11.9. The lowest BCUT2D eigenvalue weighted by atomic mass is 9.92. The van der Waals surface area contributed by atoms with Crippen LogP contribution >= 0.6 is 11.3 Å². The Kier molecular flexibility index (Phi) is 4.11. The van der Waals surface area contributed by atoms with E-state index < -0.39 is 0 Å². The van der Waals surface area contributed by atoms with Crippen LogP contribution in [-0.4, -0.2) is 44.2 Å². The molecule has 0 aliphatic rings. The fourth-order valence-corrected chi connectivity index (χ4v) is 3.45. The molecule has 0 amide bonds. The molecule has 0 atom stereocenters. The van der Waals surface area contributed by atoms with E-state index in [0.29, 0.717) is 22.3 Å². The summed E-state index contributed by atoms with van der Waals surface area (Å²) in [7, 11) is 3.23. The fraction of sp³-hybridized carbons (Fsp3) is 0.333. The third-order valence-corrected chi connectivity index (χ3v) is 5.13. The molecule has 3 aromatic heterocycles. The Morgan fingerprint density at radius 1 is 1.00 bits per heavy atom. The number of hydrogen-bond acceptors (Lipinski definition) is 7. The third-order valence-electron chi connectivity index (χ3n) is 4.21. The van der Waals surface area contributed by atoms with Crippen LogP contribution in [0.25, 0.3) is 27.1 Å². The number of H-pyrrole nitrogens is 1. The number of rotatable bonds is 4. The van der Waals surface area contributed by atoms with Gasteiger partial charge in [-0.3, -0.25) is 5.10 Å². The Labute approximate surface area is 160 Å². The quantitative estimate of drug-likeness (QED) is 0.579. The SMILES string of the molecule is COc1cc(OC)cc(-c2nnc3sc(-c4cc(C(C)(C)C)[nH]n4)nn23)c1. The van der Waals surface area contributed by atoms with Crippen LogP contribution in [0, 0.1) is 0 Å². The summed E-state index contributed by atoms with van der Waals surface area (Å²) in [5.74, 6) is 1.98. The molecule has 0 fully saturated rings.